The highest BCUT2D eigenvalue weighted by molar-refractivity contribution is 5.56. The molecule has 0 N–H and O–H groups in total. The van der Waals surface area contributed by atoms with Crippen LogP contribution in [-0.4, -0.2) is 20.2 Å². The molecule has 0 radical (unpaired) electrons. The van der Waals surface area contributed by atoms with E-state index in [0.717, 1.165) is 11.7 Å². The van der Waals surface area contributed by atoms with Crippen molar-refractivity contribution in [1.82, 2.24) is 0 Å². The minimum absolute atomic E-state index is 0.884. The maximum atomic E-state index is 5.24. The molecule has 0 bridgehead atoms. The van der Waals surface area contributed by atoms with Crippen LogP contribution < -0.4 is 9.64 Å². The van der Waals surface area contributed by atoms with Gasteiger partial charge in [0.25, 0.3) is 0 Å². The van der Waals surface area contributed by atoms with Gasteiger partial charge in [0.15, 0.2) is 0 Å². The Kier molecular flexibility index (Phi) is 3.37. The molecule has 1 aliphatic rings. The Morgan fingerprint density at radius 2 is 1.94 bits per heavy atom. The van der Waals surface area contributed by atoms with Crippen molar-refractivity contribution < 1.29 is 4.74 Å². The number of piperidine rings is 1. The van der Waals surface area contributed by atoms with E-state index in [0.29, 0.717) is 0 Å². The minimum atomic E-state index is 0.884. The van der Waals surface area contributed by atoms with Gasteiger partial charge in [0.2, 0.25) is 0 Å². The molecule has 2 rings (SSSR count). The van der Waals surface area contributed by atoms with Gasteiger partial charge < -0.3 is 9.64 Å². The number of ether oxygens (including phenoxy) is 1. The van der Waals surface area contributed by atoms with Crippen molar-refractivity contribution in [1.29, 1.82) is 0 Å². The van der Waals surface area contributed by atoms with E-state index in [2.05, 4.69) is 36.9 Å². The number of hydrogen-bond acceptors (Lipinski definition) is 2. The quantitative estimate of drug-likeness (QED) is 0.757. The van der Waals surface area contributed by atoms with E-state index in [9.17, 15) is 0 Å². The Balaban J connectivity index is 2.14. The van der Waals surface area contributed by atoms with Crippen molar-refractivity contribution in [3.05, 3.63) is 23.8 Å². The van der Waals surface area contributed by atoms with Crippen molar-refractivity contribution in [3.63, 3.8) is 0 Å². The summed E-state index contributed by atoms with van der Waals surface area (Å²) in [6, 6.07) is 6.36. The van der Waals surface area contributed by atoms with Crippen LogP contribution in [0.25, 0.3) is 0 Å². The molecule has 1 fully saturated rings. The first kappa shape index (κ1) is 11.3. The molecule has 1 aromatic rings. The molecule has 16 heavy (non-hydrogen) atoms. The SMILES string of the molecule is COc1ccc(N2CCC(C)CC2)c(C)c1. The number of methoxy groups -OCH3 is 1. The zero-order chi connectivity index (χ0) is 11.5. The van der Waals surface area contributed by atoms with Crippen LogP contribution >= 0.6 is 0 Å². The molecule has 2 nitrogen and oxygen atoms in total. The zero-order valence-electron chi connectivity index (χ0n) is 10.5. The lowest BCUT2D eigenvalue weighted by Gasteiger charge is -2.33. The van der Waals surface area contributed by atoms with Gasteiger partial charge >= 0.3 is 0 Å². The summed E-state index contributed by atoms with van der Waals surface area (Å²) in [5, 5.41) is 0. The fraction of sp³-hybridized carbons (Fsp3) is 0.571. The smallest absolute Gasteiger partial charge is 0.119 e. The van der Waals surface area contributed by atoms with Crippen molar-refractivity contribution in [3.8, 4) is 5.75 Å². The topological polar surface area (TPSA) is 12.5 Å². The molecule has 0 atom stereocenters. The normalized spacial score (nSPS) is 17.6. The van der Waals surface area contributed by atoms with E-state index < -0.39 is 0 Å². The Bertz CT molecular complexity index is 354. The molecule has 1 saturated heterocycles. The van der Waals surface area contributed by atoms with Gasteiger partial charge in [0, 0.05) is 18.8 Å². The summed E-state index contributed by atoms with van der Waals surface area (Å²) in [5.74, 6) is 1.83. The second kappa shape index (κ2) is 4.77. The first-order valence-electron chi connectivity index (χ1n) is 6.10. The van der Waals surface area contributed by atoms with Crippen molar-refractivity contribution in [2.24, 2.45) is 5.92 Å². The summed E-state index contributed by atoms with van der Waals surface area (Å²) in [7, 11) is 1.72. The van der Waals surface area contributed by atoms with Gasteiger partial charge in [-0.2, -0.15) is 0 Å². The second-order valence-electron chi connectivity index (χ2n) is 4.82. The number of nitrogens with zero attached hydrogens (tertiary/aromatic N) is 1. The van der Waals surface area contributed by atoms with E-state index >= 15 is 0 Å². The van der Waals surface area contributed by atoms with Gasteiger partial charge in [0.1, 0.15) is 5.75 Å². The maximum absolute atomic E-state index is 5.24. The van der Waals surface area contributed by atoms with Crippen LogP contribution in [0, 0.1) is 12.8 Å². The number of aryl methyl sites for hydroxylation is 1. The first-order valence-corrected chi connectivity index (χ1v) is 6.10. The average molecular weight is 219 g/mol. The molecule has 88 valence electrons. The predicted octanol–water partition coefficient (Wildman–Crippen LogP) is 3.24. The van der Waals surface area contributed by atoms with E-state index in [1.54, 1.807) is 7.11 Å². The maximum Gasteiger partial charge on any atom is 0.119 e. The molecule has 1 heterocycles. The number of hydrogen-bond donors (Lipinski definition) is 0. The third kappa shape index (κ3) is 2.31. The Morgan fingerprint density at radius 3 is 2.50 bits per heavy atom. The highest BCUT2D eigenvalue weighted by Crippen LogP contribution is 2.28. The third-order valence-corrected chi connectivity index (χ3v) is 3.53. The lowest BCUT2D eigenvalue weighted by atomic mass is 9.98. The lowest BCUT2D eigenvalue weighted by Crippen LogP contribution is -2.33. The molecule has 0 spiro atoms. The molecule has 0 unspecified atom stereocenters. The van der Waals surface area contributed by atoms with Crippen LogP contribution in [0.1, 0.15) is 25.3 Å². The molecule has 1 aromatic carbocycles. The molecule has 0 amide bonds. The summed E-state index contributed by atoms with van der Waals surface area (Å²) in [6.07, 6.45) is 2.62. The van der Waals surface area contributed by atoms with Crippen LogP contribution in [0.4, 0.5) is 5.69 Å². The summed E-state index contributed by atoms with van der Waals surface area (Å²) < 4.78 is 5.24. The standard InChI is InChI=1S/C14H21NO/c1-11-6-8-15(9-7-11)14-5-4-13(16-3)10-12(14)2/h4-5,10-11H,6-9H2,1-3H3. The molecule has 0 aromatic heterocycles. The summed E-state index contributed by atoms with van der Waals surface area (Å²) >= 11 is 0. The van der Waals surface area contributed by atoms with Crippen molar-refractivity contribution in [2.75, 3.05) is 25.1 Å². The molecule has 1 aliphatic heterocycles. The second-order valence-corrected chi connectivity index (χ2v) is 4.82. The van der Waals surface area contributed by atoms with Gasteiger partial charge in [-0.1, -0.05) is 6.92 Å². The Morgan fingerprint density at radius 1 is 1.25 bits per heavy atom. The number of rotatable bonds is 2. The fourth-order valence-electron chi connectivity index (χ4n) is 2.36. The van der Waals surface area contributed by atoms with Gasteiger partial charge in [-0.3, -0.25) is 0 Å². The summed E-state index contributed by atoms with van der Waals surface area (Å²) in [6.45, 7) is 6.89. The van der Waals surface area contributed by atoms with Crippen LogP contribution in [0.5, 0.6) is 5.75 Å². The number of anilines is 1. The summed E-state index contributed by atoms with van der Waals surface area (Å²) in [5.41, 5.74) is 2.68. The van der Waals surface area contributed by atoms with Gasteiger partial charge in [-0.05, 0) is 49.4 Å². The molecule has 2 heteroatoms. The number of benzene rings is 1. The molecule has 0 aliphatic carbocycles. The monoisotopic (exact) mass is 219 g/mol. The molecular weight excluding hydrogens is 198 g/mol. The van der Waals surface area contributed by atoms with Gasteiger partial charge in [-0.15, -0.1) is 0 Å². The predicted molar refractivity (Wildman–Crippen MR) is 68.3 cm³/mol. The zero-order valence-corrected chi connectivity index (χ0v) is 10.5. The largest absolute Gasteiger partial charge is 0.497 e. The Hall–Kier alpha value is -1.18. The minimum Gasteiger partial charge on any atom is -0.497 e. The third-order valence-electron chi connectivity index (χ3n) is 3.53. The molecular formula is C14H21NO. The van der Waals surface area contributed by atoms with Crippen LogP contribution in [0.2, 0.25) is 0 Å². The molecule has 0 saturated carbocycles. The lowest BCUT2D eigenvalue weighted by molar-refractivity contribution is 0.414. The van der Waals surface area contributed by atoms with Crippen LogP contribution in [-0.2, 0) is 0 Å². The van der Waals surface area contributed by atoms with Crippen molar-refractivity contribution >= 4 is 5.69 Å². The van der Waals surface area contributed by atoms with Gasteiger partial charge in [-0.25, -0.2) is 0 Å². The van der Waals surface area contributed by atoms with E-state index in [1.807, 2.05) is 0 Å². The fourth-order valence-corrected chi connectivity index (χ4v) is 2.36. The van der Waals surface area contributed by atoms with Gasteiger partial charge in [0.05, 0.1) is 7.11 Å². The van der Waals surface area contributed by atoms with E-state index in [4.69, 9.17) is 4.74 Å². The first-order chi connectivity index (χ1) is 7.70. The van der Waals surface area contributed by atoms with Crippen molar-refractivity contribution in [2.45, 2.75) is 26.7 Å². The Labute approximate surface area is 98.2 Å². The highest BCUT2D eigenvalue weighted by atomic mass is 16.5. The average Bonchev–Trinajstić information content (AvgIpc) is 2.30. The van der Waals surface area contributed by atoms with E-state index in [-0.39, 0.29) is 0 Å². The van der Waals surface area contributed by atoms with E-state index in [1.165, 1.54) is 37.2 Å². The van der Waals surface area contributed by atoms with Crippen LogP contribution in [0.15, 0.2) is 18.2 Å². The van der Waals surface area contributed by atoms with Crippen LogP contribution in [0.3, 0.4) is 0 Å². The summed E-state index contributed by atoms with van der Waals surface area (Å²) in [4.78, 5) is 2.49. The highest BCUT2D eigenvalue weighted by Gasteiger charge is 2.17.